The fourth-order valence-electron chi connectivity index (χ4n) is 15.1. The molecule has 0 N–H and O–H groups in total. The van der Waals surface area contributed by atoms with Crippen molar-refractivity contribution in [1.29, 1.82) is 0 Å². The molecule has 19 rings (SSSR count). The fraction of sp³-hybridized carbons (Fsp3) is 0.0111. The van der Waals surface area contributed by atoms with Crippen molar-refractivity contribution >= 4 is 154 Å². The maximum atomic E-state index is 15.2. The Balaban J connectivity index is 0.000000142. The molecule has 0 radical (unpaired) electrons. The molecule has 0 atom stereocenters. The molecule has 0 bridgehead atoms. The van der Waals surface area contributed by atoms with E-state index in [-0.39, 0.29) is 0 Å². The summed E-state index contributed by atoms with van der Waals surface area (Å²) in [5, 5.41) is 24.5. The SMILES string of the molecule is Cc1cc(P(=O)(c2ccccc2)c2ccccc2)ccc1-c1ccc2c3cc4c5ccccc5c5ccccc5c4cc3n(-c3ccccc3)c2c1.O=P(c1ccccc1)(c1ccccc1)c1ccc(-c2ccc3c(c2)oc2cc4c5ccccc5c5ccccc5c4cc23)nc1. The van der Waals surface area contributed by atoms with Crippen LogP contribution in [0.4, 0.5) is 0 Å². The second kappa shape index (κ2) is 23.3. The highest BCUT2D eigenvalue weighted by Gasteiger charge is 2.32. The Bertz CT molecular complexity index is 6340. The Morgan fingerprint density at radius 1 is 0.278 bits per heavy atom. The van der Waals surface area contributed by atoms with E-state index in [1.54, 1.807) is 6.20 Å². The first kappa shape index (κ1) is 57.9. The van der Waals surface area contributed by atoms with E-state index in [1.165, 1.54) is 80.9 Å². The summed E-state index contributed by atoms with van der Waals surface area (Å²) in [6.45, 7) is 2.14. The lowest BCUT2D eigenvalue weighted by Gasteiger charge is -2.21. The Morgan fingerprint density at radius 2 is 0.670 bits per heavy atom. The highest BCUT2D eigenvalue weighted by molar-refractivity contribution is 7.85. The summed E-state index contributed by atoms with van der Waals surface area (Å²) >= 11 is 0. The third kappa shape index (κ3) is 9.49. The zero-order valence-corrected chi connectivity index (χ0v) is 54.7. The minimum absolute atomic E-state index is 0.708. The molecule has 5 nitrogen and oxygen atoms in total. The minimum atomic E-state index is -3.08. The van der Waals surface area contributed by atoms with E-state index >= 15 is 4.57 Å². The van der Waals surface area contributed by atoms with Crippen LogP contribution >= 0.6 is 14.3 Å². The lowest BCUT2D eigenvalue weighted by Crippen LogP contribution is -2.25. The molecule has 7 heteroatoms. The Morgan fingerprint density at radius 3 is 1.15 bits per heavy atom. The van der Waals surface area contributed by atoms with Gasteiger partial charge in [0.1, 0.15) is 11.2 Å². The summed E-state index contributed by atoms with van der Waals surface area (Å²) in [4.78, 5) is 4.83. The average Bonchev–Trinajstić information content (AvgIpc) is 1.63. The summed E-state index contributed by atoms with van der Waals surface area (Å²) in [7, 11) is -6.17. The van der Waals surface area contributed by atoms with Crippen molar-refractivity contribution in [2.24, 2.45) is 0 Å². The van der Waals surface area contributed by atoms with E-state index in [9.17, 15) is 4.57 Å². The molecule has 19 aromatic rings. The van der Waals surface area contributed by atoms with Gasteiger partial charge in [-0.1, -0.05) is 267 Å². The van der Waals surface area contributed by atoms with Crippen molar-refractivity contribution in [3.8, 4) is 28.1 Å². The van der Waals surface area contributed by atoms with Crippen LogP contribution in [0.25, 0.3) is 136 Å². The van der Waals surface area contributed by atoms with Crippen LogP contribution in [0.2, 0.25) is 0 Å². The van der Waals surface area contributed by atoms with Crippen LogP contribution in [0.3, 0.4) is 0 Å². The van der Waals surface area contributed by atoms with Gasteiger partial charge in [-0.05, 0) is 161 Å². The number of para-hydroxylation sites is 1. The van der Waals surface area contributed by atoms with E-state index in [1.807, 2.05) is 133 Å². The molecule has 458 valence electrons. The van der Waals surface area contributed by atoms with Gasteiger partial charge in [0, 0.05) is 70.8 Å². The molecule has 0 fully saturated rings. The number of aromatic nitrogens is 2. The average molecular weight is 1280 g/mol. The van der Waals surface area contributed by atoms with Crippen LogP contribution in [-0.2, 0) is 9.13 Å². The molecule has 0 spiro atoms. The van der Waals surface area contributed by atoms with E-state index < -0.39 is 14.3 Å². The molecule has 0 aliphatic heterocycles. The third-order valence-electron chi connectivity index (χ3n) is 19.8. The number of rotatable bonds is 9. The van der Waals surface area contributed by atoms with Crippen molar-refractivity contribution in [1.82, 2.24) is 9.55 Å². The molecule has 97 heavy (non-hydrogen) atoms. The van der Waals surface area contributed by atoms with Gasteiger partial charge < -0.3 is 18.1 Å². The lowest BCUT2D eigenvalue weighted by atomic mass is 9.93. The van der Waals surface area contributed by atoms with Crippen LogP contribution in [0.1, 0.15) is 5.56 Å². The van der Waals surface area contributed by atoms with Gasteiger partial charge >= 0.3 is 0 Å². The summed E-state index contributed by atoms with van der Waals surface area (Å²) in [5.41, 5.74) is 10.3. The normalized spacial score (nSPS) is 12.1. The highest BCUT2D eigenvalue weighted by atomic mass is 31.2. The molecule has 0 saturated heterocycles. The molecule has 3 heterocycles. The second-order valence-electron chi connectivity index (χ2n) is 25.2. The number of fused-ring (bicyclic) bond motifs is 18. The predicted octanol–water partition coefficient (Wildman–Crippen LogP) is 21.6. The van der Waals surface area contributed by atoms with Crippen molar-refractivity contribution in [3.63, 3.8) is 0 Å². The molecule has 0 saturated carbocycles. The monoisotopic (exact) mass is 1280 g/mol. The molecule has 0 unspecified atom stereocenters. The maximum Gasteiger partial charge on any atom is 0.172 e. The van der Waals surface area contributed by atoms with Crippen molar-refractivity contribution in [2.45, 2.75) is 6.92 Å². The number of furan rings is 1. The van der Waals surface area contributed by atoms with E-state index in [4.69, 9.17) is 9.40 Å². The van der Waals surface area contributed by atoms with Crippen LogP contribution in [0.5, 0.6) is 0 Å². The number of aryl methyl sites for hydroxylation is 1. The second-order valence-corrected chi connectivity index (χ2v) is 30.7. The predicted molar refractivity (Wildman–Crippen MR) is 412 cm³/mol. The van der Waals surface area contributed by atoms with E-state index in [0.717, 1.165) is 87.6 Å². The summed E-state index contributed by atoms with van der Waals surface area (Å²) in [6, 6.07) is 117. The van der Waals surface area contributed by atoms with Gasteiger partial charge in [0.2, 0.25) is 0 Å². The Kier molecular flexibility index (Phi) is 13.9. The summed E-state index contributed by atoms with van der Waals surface area (Å²) in [6.07, 6.45) is 1.77. The van der Waals surface area contributed by atoms with Crippen LogP contribution in [-0.4, -0.2) is 9.55 Å². The summed E-state index contributed by atoms with van der Waals surface area (Å²) < 4.78 is 38.8. The first-order chi connectivity index (χ1) is 47.8. The molecule has 0 aliphatic rings. The molecular weight excluding hydrogens is 1220 g/mol. The van der Waals surface area contributed by atoms with Crippen LogP contribution in [0.15, 0.2) is 350 Å². The van der Waals surface area contributed by atoms with Crippen molar-refractivity contribution in [3.05, 3.63) is 351 Å². The van der Waals surface area contributed by atoms with Crippen LogP contribution < -0.4 is 31.8 Å². The molecule has 0 amide bonds. The largest absolute Gasteiger partial charge is 0.456 e. The first-order valence-corrected chi connectivity index (χ1v) is 36.3. The van der Waals surface area contributed by atoms with Crippen molar-refractivity contribution < 1.29 is 13.5 Å². The molecule has 16 aromatic carbocycles. The number of pyridine rings is 1. The van der Waals surface area contributed by atoms with Gasteiger partial charge in [-0.15, -0.1) is 0 Å². The quantitative estimate of drug-likeness (QED) is 0.107. The van der Waals surface area contributed by atoms with E-state index in [0.29, 0.717) is 5.30 Å². The number of benzene rings is 16. The van der Waals surface area contributed by atoms with Crippen molar-refractivity contribution in [2.75, 3.05) is 0 Å². The standard InChI is InChI=1S/C49H34NOP.C41H26NO2P/c1-33-29-38(52(51,36-17-7-3-8-18-36)37-19-9-4-10-20-37)26-28-39(33)34-25-27-44-47-31-45-42-23-13-11-21-40(42)41-22-12-14-24-43(41)46(45)32-49(47)50(48(44)30-34)35-15-5-2-6-16-35;43-45(28-11-3-1-4-12-28,29-13-5-2-6-14-29)30-20-22-39(42-26-30)27-19-21-35-38-24-36-33-17-9-7-15-31(33)32-16-8-10-18-34(32)37(36)25-41(38)44-40(35)23-27/h2-32H,1H3;1-26H. The van der Waals surface area contributed by atoms with Gasteiger partial charge in [-0.3, -0.25) is 4.98 Å². The number of hydrogen-bond donors (Lipinski definition) is 0. The third-order valence-corrected chi connectivity index (χ3v) is 25.9. The van der Waals surface area contributed by atoms with Gasteiger partial charge in [0.05, 0.1) is 16.7 Å². The van der Waals surface area contributed by atoms with Gasteiger partial charge in [-0.2, -0.15) is 0 Å². The molecular formula is C90H60N2O3P2. The number of hydrogen-bond acceptors (Lipinski definition) is 4. The van der Waals surface area contributed by atoms with E-state index in [2.05, 4.69) is 218 Å². The fourth-order valence-corrected chi connectivity index (χ4v) is 20.4. The van der Waals surface area contributed by atoms with Gasteiger partial charge in [0.25, 0.3) is 0 Å². The summed E-state index contributed by atoms with van der Waals surface area (Å²) in [5.74, 6) is 0. The maximum absolute atomic E-state index is 15.2. The topological polar surface area (TPSA) is 65.1 Å². The lowest BCUT2D eigenvalue weighted by molar-refractivity contribution is 0.591. The Hall–Kier alpha value is -11.7. The van der Waals surface area contributed by atoms with Crippen LogP contribution in [0, 0.1) is 6.92 Å². The number of nitrogens with zero attached hydrogens (tertiary/aromatic N) is 2. The molecule has 0 aliphatic carbocycles. The van der Waals surface area contributed by atoms with Gasteiger partial charge in [0.15, 0.2) is 14.3 Å². The minimum Gasteiger partial charge on any atom is -0.456 e. The zero-order chi connectivity index (χ0) is 64.8. The first-order valence-electron chi connectivity index (χ1n) is 32.9. The smallest absolute Gasteiger partial charge is 0.172 e. The highest BCUT2D eigenvalue weighted by Crippen LogP contribution is 2.47. The molecule has 3 aromatic heterocycles. The Labute approximate surface area is 560 Å². The van der Waals surface area contributed by atoms with Gasteiger partial charge in [-0.25, -0.2) is 0 Å². The zero-order valence-electron chi connectivity index (χ0n) is 52.9.